The predicted molar refractivity (Wildman–Crippen MR) is 155 cm³/mol. The highest BCUT2D eigenvalue weighted by atomic mass is 32.1. The van der Waals surface area contributed by atoms with Gasteiger partial charge in [0.25, 0.3) is 5.91 Å². The highest BCUT2D eigenvalue weighted by Gasteiger charge is 2.20. The molecule has 1 aliphatic rings. The summed E-state index contributed by atoms with van der Waals surface area (Å²) in [5, 5.41) is 11.9. The molecule has 1 aliphatic heterocycles. The number of aryl methyl sites for hydroxylation is 1. The van der Waals surface area contributed by atoms with Crippen molar-refractivity contribution in [1.82, 2.24) is 24.9 Å². The number of hydrogen-bond donors (Lipinski definition) is 1. The first-order valence-corrected chi connectivity index (χ1v) is 13.9. The van der Waals surface area contributed by atoms with Crippen molar-refractivity contribution in [2.24, 2.45) is 0 Å². The van der Waals surface area contributed by atoms with Crippen LogP contribution in [-0.2, 0) is 5.41 Å². The summed E-state index contributed by atoms with van der Waals surface area (Å²) in [7, 11) is 0. The first kappa shape index (κ1) is 26.1. The van der Waals surface area contributed by atoms with Crippen LogP contribution < -0.4 is 10.2 Å². The monoisotopic (exact) mass is 529 g/mol. The number of benzene rings is 1. The van der Waals surface area contributed by atoms with Crippen LogP contribution in [0.1, 0.15) is 47.8 Å². The van der Waals surface area contributed by atoms with Crippen LogP contribution in [0.25, 0.3) is 16.9 Å². The second kappa shape index (κ2) is 10.7. The molecule has 1 fully saturated rings. The van der Waals surface area contributed by atoms with Crippen molar-refractivity contribution in [2.45, 2.75) is 40.0 Å². The number of aromatic nitrogens is 4. The number of nitrogens with one attached hydrogen (secondary N) is 1. The maximum atomic E-state index is 12.9. The maximum absolute atomic E-state index is 12.9. The standard InChI is InChI=1S/C29H35N7OS/c1-6-34-11-13-35(14-12-34)23-15-21(17-30-18-23)24-19-36(33-32-24)25-16-22(8-7-20(25)2)31-28(37)26-9-10-27(38-26)29(3,4)5/h7-10,15-19H,6,11-14H2,1-5H3,(H,31,37). The number of thiophene rings is 1. The van der Waals surface area contributed by atoms with Gasteiger partial charge in [-0.3, -0.25) is 9.78 Å². The summed E-state index contributed by atoms with van der Waals surface area (Å²) in [6, 6.07) is 11.9. The lowest BCUT2D eigenvalue weighted by molar-refractivity contribution is 0.103. The molecule has 1 N–H and O–H groups in total. The van der Waals surface area contributed by atoms with Crippen LogP contribution >= 0.6 is 11.3 Å². The predicted octanol–water partition coefficient (Wildman–Crippen LogP) is 5.39. The van der Waals surface area contributed by atoms with E-state index in [-0.39, 0.29) is 11.3 Å². The summed E-state index contributed by atoms with van der Waals surface area (Å²) in [4.78, 5) is 24.1. The molecule has 1 aromatic carbocycles. The molecule has 9 heteroatoms. The minimum Gasteiger partial charge on any atom is -0.368 e. The Morgan fingerprint density at radius 3 is 2.55 bits per heavy atom. The fourth-order valence-electron chi connectivity index (χ4n) is 4.57. The van der Waals surface area contributed by atoms with Gasteiger partial charge in [-0.2, -0.15) is 0 Å². The Bertz CT molecular complexity index is 1430. The van der Waals surface area contributed by atoms with Crippen LogP contribution in [0.4, 0.5) is 11.4 Å². The molecule has 0 spiro atoms. The molecule has 3 aromatic heterocycles. The van der Waals surface area contributed by atoms with E-state index in [0.29, 0.717) is 10.6 Å². The summed E-state index contributed by atoms with van der Waals surface area (Å²) >= 11 is 1.53. The lowest BCUT2D eigenvalue weighted by atomic mass is 9.95. The zero-order valence-electron chi connectivity index (χ0n) is 22.7. The molecule has 0 bridgehead atoms. The Hall–Kier alpha value is -3.56. The molecule has 0 atom stereocenters. The van der Waals surface area contributed by atoms with Gasteiger partial charge in [0.15, 0.2) is 0 Å². The Kier molecular flexibility index (Phi) is 7.32. The first-order chi connectivity index (χ1) is 18.2. The van der Waals surface area contributed by atoms with E-state index in [1.165, 1.54) is 16.2 Å². The molecule has 0 radical (unpaired) electrons. The Balaban J connectivity index is 1.33. The van der Waals surface area contributed by atoms with Crippen molar-refractivity contribution >= 4 is 28.6 Å². The fourth-order valence-corrected chi connectivity index (χ4v) is 5.53. The Morgan fingerprint density at radius 2 is 1.84 bits per heavy atom. The van der Waals surface area contributed by atoms with Gasteiger partial charge in [-0.1, -0.05) is 39.0 Å². The van der Waals surface area contributed by atoms with Gasteiger partial charge < -0.3 is 15.1 Å². The smallest absolute Gasteiger partial charge is 0.265 e. The molecule has 198 valence electrons. The summed E-state index contributed by atoms with van der Waals surface area (Å²) in [5.41, 5.74) is 5.43. The summed E-state index contributed by atoms with van der Waals surface area (Å²) in [6.45, 7) is 15.9. The Morgan fingerprint density at radius 1 is 1.05 bits per heavy atom. The minimum absolute atomic E-state index is 0.0180. The third kappa shape index (κ3) is 5.63. The normalized spacial score (nSPS) is 14.6. The van der Waals surface area contributed by atoms with Gasteiger partial charge >= 0.3 is 0 Å². The van der Waals surface area contributed by atoms with Crippen molar-refractivity contribution < 1.29 is 4.79 Å². The van der Waals surface area contributed by atoms with E-state index in [0.717, 1.165) is 60.9 Å². The average molecular weight is 530 g/mol. The van der Waals surface area contributed by atoms with E-state index in [1.807, 2.05) is 55.8 Å². The number of amides is 1. The number of hydrogen-bond acceptors (Lipinski definition) is 7. The molecule has 38 heavy (non-hydrogen) atoms. The lowest BCUT2D eigenvalue weighted by Gasteiger charge is -2.35. The Labute approximate surface area is 228 Å². The van der Waals surface area contributed by atoms with Crippen molar-refractivity contribution in [3.8, 4) is 16.9 Å². The van der Waals surface area contributed by atoms with Crippen LogP contribution in [0.5, 0.6) is 0 Å². The van der Waals surface area contributed by atoms with Crippen molar-refractivity contribution in [3.63, 3.8) is 0 Å². The minimum atomic E-state index is -0.109. The SMILES string of the molecule is CCN1CCN(c2cncc(-c3cn(-c4cc(NC(=O)c5ccc(C(C)(C)C)s5)ccc4C)nn3)c2)CC1. The number of rotatable bonds is 6. The summed E-state index contributed by atoms with van der Waals surface area (Å²) < 4.78 is 1.76. The van der Waals surface area contributed by atoms with E-state index in [9.17, 15) is 4.79 Å². The molecule has 0 aliphatic carbocycles. The van der Waals surface area contributed by atoms with Gasteiger partial charge in [0.1, 0.15) is 5.69 Å². The van der Waals surface area contributed by atoms with Gasteiger partial charge in [-0.05, 0) is 54.8 Å². The number of pyridine rings is 1. The van der Waals surface area contributed by atoms with Crippen molar-refractivity contribution in [1.29, 1.82) is 0 Å². The second-order valence-corrected chi connectivity index (χ2v) is 11.9. The van der Waals surface area contributed by atoms with Gasteiger partial charge in [-0.15, -0.1) is 16.4 Å². The summed E-state index contributed by atoms with van der Waals surface area (Å²) in [5.74, 6) is -0.109. The van der Waals surface area contributed by atoms with E-state index >= 15 is 0 Å². The van der Waals surface area contributed by atoms with Crippen molar-refractivity contribution in [2.75, 3.05) is 42.9 Å². The van der Waals surface area contributed by atoms with Gasteiger partial charge in [0.2, 0.25) is 0 Å². The number of carbonyl (C=O) groups is 1. The van der Waals surface area contributed by atoms with Crippen molar-refractivity contribution in [3.05, 3.63) is 70.3 Å². The molecular weight excluding hydrogens is 494 g/mol. The topological polar surface area (TPSA) is 79.2 Å². The zero-order valence-corrected chi connectivity index (χ0v) is 23.5. The second-order valence-electron chi connectivity index (χ2n) is 10.8. The third-order valence-electron chi connectivity index (χ3n) is 6.98. The highest BCUT2D eigenvalue weighted by Crippen LogP contribution is 2.30. The fraction of sp³-hybridized carbons (Fsp3) is 0.379. The molecule has 0 saturated carbocycles. The molecule has 8 nitrogen and oxygen atoms in total. The number of anilines is 2. The van der Waals surface area contributed by atoms with E-state index < -0.39 is 0 Å². The van der Waals surface area contributed by atoms with Crippen LogP contribution in [0, 0.1) is 6.92 Å². The molecule has 1 amide bonds. The number of carbonyl (C=O) groups excluding carboxylic acids is 1. The first-order valence-electron chi connectivity index (χ1n) is 13.1. The summed E-state index contributed by atoms with van der Waals surface area (Å²) in [6.07, 6.45) is 5.67. The van der Waals surface area contributed by atoms with Crippen LogP contribution in [0.15, 0.2) is 55.0 Å². The van der Waals surface area contributed by atoms with Crippen LogP contribution in [-0.4, -0.2) is 63.5 Å². The highest BCUT2D eigenvalue weighted by molar-refractivity contribution is 7.14. The molecule has 0 unspecified atom stereocenters. The largest absolute Gasteiger partial charge is 0.368 e. The van der Waals surface area contributed by atoms with Gasteiger partial charge in [0, 0.05) is 48.5 Å². The van der Waals surface area contributed by atoms with E-state index in [4.69, 9.17) is 0 Å². The number of piperazine rings is 1. The number of likely N-dealkylation sites (N-methyl/N-ethyl adjacent to an activating group) is 1. The molecule has 4 aromatic rings. The van der Waals surface area contributed by atoms with Crippen LogP contribution in [0.2, 0.25) is 0 Å². The van der Waals surface area contributed by atoms with Crippen LogP contribution in [0.3, 0.4) is 0 Å². The molecule has 5 rings (SSSR count). The van der Waals surface area contributed by atoms with Gasteiger partial charge in [0.05, 0.1) is 28.6 Å². The lowest BCUT2D eigenvalue weighted by Crippen LogP contribution is -2.46. The van der Waals surface area contributed by atoms with E-state index in [1.54, 1.807) is 4.68 Å². The van der Waals surface area contributed by atoms with E-state index in [2.05, 4.69) is 64.2 Å². The van der Waals surface area contributed by atoms with Gasteiger partial charge in [-0.25, -0.2) is 4.68 Å². The quantitative estimate of drug-likeness (QED) is 0.361. The molecule has 4 heterocycles. The third-order valence-corrected chi connectivity index (χ3v) is 8.49. The maximum Gasteiger partial charge on any atom is 0.265 e. The molecule has 1 saturated heterocycles. The number of nitrogens with zero attached hydrogens (tertiary/aromatic N) is 6. The average Bonchev–Trinajstić information content (AvgIpc) is 3.61. The molecular formula is C29H35N7OS. The zero-order chi connectivity index (χ0) is 26.9.